The van der Waals surface area contributed by atoms with Crippen molar-refractivity contribution in [3.63, 3.8) is 0 Å². The van der Waals surface area contributed by atoms with Crippen LogP contribution in [0.15, 0.2) is 60.8 Å². The van der Waals surface area contributed by atoms with Crippen molar-refractivity contribution in [2.24, 2.45) is 7.05 Å². The van der Waals surface area contributed by atoms with Gasteiger partial charge in [0.2, 0.25) is 0 Å². The Morgan fingerprint density at radius 2 is 1.87 bits per heavy atom. The summed E-state index contributed by atoms with van der Waals surface area (Å²) in [7, 11) is 1.64. The molecule has 2 aromatic heterocycles. The lowest BCUT2D eigenvalue weighted by atomic mass is 10.0. The maximum Gasteiger partial charge on any atom is 0.416 e. The summed E-state index contributed by atoms with van der Waals surface area (Å²) in [6.07, 6.45) is -3.00. The molecule has 0 saturated heterocycles. The molecule has 0 aliphatic carbocycles. The van der Waals surface area contributed by atoms with E-state index in [1.165, 1.54) is 29.1 Å². The number of nitrogens with zero attached hydrogens (tertiary/aromatic N) is 3. The smallest absolute Gasteiger partial charge is 0.322 e. The van der Waals surface area contributed by atoms with Crippen molar-refractivity contribution in [3.8, 4) is 11.3 Å². The highest BCUT2D eigenvalue weighted by molar-refractivity contribution is 6.31. The molecule has 30 heavy (non-hydrogen) atoms. The van der Waals surface area contributed by atoms with E-state index in [2.05, 4.69) is 15.4 Å². The molecule has 0 unspecified atom stereocenters. The second-order valence-electron chi connectivity index (χ2n) is 6.60. The minimum Gasteiger partial charge on any atom is -0.322 e. The van der Waals surface area contributed by atoms with Crippen molar-refractivity contribution in [2.45, 2.75) is 6.18 Å². The average molecular weight is 431 g/mol. The number of rotatable bonds is 3. The maximum absolute atomic E-state index is 13.1. The van der Waals surface area contributed by atoms with Crippen LogP contribution in [-0.4, -0.2) is 20.7 Å². The van der Waals surface area contributed by atoms with E-state index < -0.39 is 17.6 Å². The summed E-state index contributed by atoms with van der Waals surface area (Å²) in [6.45, 7) is 0. The first kappa shape index (κ1) is 19.9. The second-order valence-corrected chi connectivity index (χ2v) is 7.04. The van der Waals surface area contributed by atoms with Crippen molar-refractivity contribution < 1.29 is 18.0 Å². The topological polar surface area (TPSA) is 59.8 Å². The van der Waals surface area contributed by atoms with E-state index in [9.17, 15) is 18.0 Å². The number of benzene rings is 2. The van der Waals surface area contributed by atoms with Crippen LogP contribution in [0.4, 0.5) is 18.9 Å². The summed E-state index contributed by atoms with van der Waals surface area (Å²) >= 11 is 5.96. The molecule has 0 aliphatic heterocycles. The molecule has 2 heterocycles. The van der Waals surface area contributed by atoms with E-state index in [0.29, 0.717) is 21.7 Å². The van der Waals surface area contributed by atoms with Gasteiger partial charge in [-0.05, 0) is 36.4 Å². The van der Waals surface area contributed by atoms with Gasteiger partial charge in [0.15, 0.2) is 5.65 Å². The number of alkyl halides is 3. The summed E-state index contributed by atoms with van der Waals surface area (Å²) in [5.41, 5.74) is 0.777. The lowest BCUT2D eigenvalue weighted by Crippen LogP contribution is -2.13. The number of aryl methyl sites for hydroxylation is 1. The van der Waals surface area contributed by atoms with E-state index >= 15 is 0 Å². The molecule has 0 radical (unpaired) electrons. The van der Waals surface area contributed by atoms with Crippen LogP contribution < -0.4 is 5.32 Å². The number of aromatic nitrogens is 3. The third-order valence-electron chi connectivity index (χ3n) is 4.52. The Morgan fingerprint density at radius 3 is 2.60 bits per heavy atom. The Labute approximate surface area is 174 Å². The third-order valence-corrected chi connectivity index (χ3v) is 4.75. The normalized spacial score (nSPS) is 11.6. The number of hydrogen-bond donors (Lipinski definition) is 1. The first-order valence-electron chi connectivity index (χ1n) is 8.80. The summed E-state index contributed by atoms with van der Waals surface area (Å²) in [4.78, 5) is 17.4. The van der Waals surface area contributed by atoms with Crippen LogP contribution in [0.2, 0.25) is 5.02 Å². The molecule has 0 bridgehead atoms. The minimum atomic E-state index is -4.49. The van der Waals surface area contributed by atoms with Crippen LogP contribution in [-0.2, 0) is 13.2 Å². The molecule has 0 spiro atoms. The van der Waals surface area contributed by atoms with E-state index in [1.54, 1.807) is 31.3 Å². The van der Waals surface area contributed by atoms with Crippen LogP contribution in [0, 0.1) is 0 Å². The largest absolute Gasteiger partial charge is 0.416 e. The number of hydrogen-bond acceptors (Lipinski definition) is 3. The molecule has 4 aromatic rings. The van der Waals surface area contributed by atoms with Gasteiger partial charge in [-0.1, -0.05) is 29.8 Å². The Balaban J connectivity index is 1.82. The summed E-state index contributed by atoms with van der Waals surface area (Å²) in [5, 5.41) is 7.81. The zero-order valence-electron chi connectivity index (χ0n) is 15.5. The lowest BCUT2D eigenvalue weighted by Gasteiger charge is -2.11. The second kappa shape index (κ2) is 7.46. The van der Waals surface area contributed by atoms with Gasteiger partial charge in [-0.25, -0.2) is 4.98 Å². The van der Waals surface area contributed by atoms with Gasteiger partial charge >= 0.3 is 6.18 Å². The highest BCUT2D eigenvalue weighted by atomic mass is 35.5. The molecule has 1 amide bonds. The molecule has 9 heteroatoms. The third kappa shape index (κ3) is 3.86. The van der Waals surface area contributed by atoms with Crippen LogP contribution in [0.5, 0.6) is 0 Å². The highest BCUT2D eigenvalue weighted by Crippen LogP contribution is 2.33. The minimum absolute atomic E-state index is 0.230. The fourth-order valence-corrected chi connectivity index (χ4v) is 3.26. The van der Waals surface area contributed by atoms with Crippen LogP contribution >= 0.6 is 11.6 Å². The Kier molecular flexibility index (Phi) is 4.95. The van der Waals surface area contributed by atoms with Crippen molar-refractivity contribution in [1.82, 2.24) is 14.8 Å². The number of carbonyl (C=O) groups is 1. The van der Waals surface area contributed by atoms with Gasteiger partial charge in [0.25, 0.3) is 5.91 Å². The number of halogens is 4. The molecule has 1 N–H and O–H groups in total. The number of fused-ring (bicyclic) bond motifs is 1. The summed E-state index contributed by atoms with van der Waals surface area (Å²) in [5.74, 6) is -0.453. The maximum atomic E-state index is 13.1. The fourth-order valence-electron chi connectivity index (χ4n) is 3.07. The van der Waals surface area contributed by atoms with Gasteiger partial charge in [-0.3, -0.25) is 9.48 Å². The molecule has 2 aromatic carbocycles. The van der Waals surface area contributed by atoms with Crippen molar-refractivity contribution in [2.75, 3.05) is 5.32 Å². The number of carbonyl (C=O) groups excluding carboxylic acids is 1. The first-order chi connectivity index (χ1) is 14.2. The van der Waals surface area contributed by atoms with Crippen LogP contribution in [0.1, 0.15) is 15.9 Å². The standard InChI is InChI=1S/C21H14ClF3N4O/c1-29-19-17(11-26-29)16(20(30)27-15-7-3-6-14(22)9-15)10-18(28-19)12-4-2-5-13(8-12)21(23,24)25/h2-11H,1H3,(H,27,30). The van der Waals surface area contributed by atoms with Crippen molar-refractivity contribution in [3.05, 3.63) is 76.9 Å². The molecule has 152 valence electrons. The first-order valence-corrected chi connectivity index (χ1v) is 9.17. The van der Waals surface area contributed by atoms with Gasteiger partial charge in [-0.15, -0.1) is 0 Å². The van der Waals surface area contributed by atoms with Gasteiger partial charge in [0.1, 0.15) is 0 Å². The van der Waals surface area contributed by atoms with E-state index in [1.807, 2.05) is 0 Å². The Morgan fingerprint density at radius 1 is 1.10 bits per heavy atom. The van der Waals surface area contributed by atoms with Gasteiger partial charge in [0.05, 0.1) is 28.4 Å². The predicted octanol–water partition coefficient (Wildman–Crippen LogP) is 5.56. The summed E-state index contributed by atoms with van der Waals surface area (Å²) < 4.78 is 40.8. The highest BCUT2D eigenvalue weighted by Gasteiger charge is 2.30. The quantitative estimate of drug-likeness (QED) is 0.463. The van der Waals surface area contributed by atoms with E-state index in [-0.39, 0.29) is 16.8 Å². The Bertz CT molecular complexity index is 1270. The molecule has 5 nitrogen and oxygen atoms in total. The van der Waals surface area contributed by atoms with E-state index in [4.69, 9.17) is 11.6 Å². The zero-order chi connectivity index (χ0) is 21.5. The number of nitrogens with one attached hydrogen (secondary N) is 1. The molecule has 0 saturated carbocycles. The van der Waals surface area contributed by atoms with E-state index in [0.717, 1.165) is 12.1 Å². The zero-order valence-corrected chi connectivity index (χ0v) is 16.3. The fraction of sp³-hybridized carbons (Fsp3) is 0.0952. The van der Waals surface area contributed by atoms with Crippen LogP contribution in [0.3, 0.4) is 0 Å². The van der Waals surface area contributed by atoms with Gasteiger partial charge in [-0.2, -0.15) is 18.3 Å². The SMILES string of the molecule is Cn1ncc2c(C(=O)Nc3cccc(Cl)c3)cc(-c3cccc(C(F)(F)F)c3)nc21. The lowest BCUT2D eigenvalue weighted by molar-refractivity contribution is -0.137. The number of amides is 1. The molecule has 0 aliphatic rings. The van der Waals surface area contributed by atoms with Gasteiger partial charge < -0.3 is 5.32 Å². The van der Waals surface area contributed by atoms with Crippen LogP contribution in [0.25, 0.3) is 22.3 Å². The Hall–Kier alpha value is -3.39. The number of pyridine rings is 1. The monoisotopic (exact) mass is 430 g/mol. The molecular formula is C21H14ClF3N4O. The van der Waals surface area contributed by atoms with Crippen molar-refractivity contribution >= 4 is 34.2 Å². The molecule has 0 atom stereocenters. The van der Waals surface area contributed by atoms with Gasteiger partial charge in [0, 0.05) is 23.3 Å². The number of anilines is 1. The molecular weight excluding hydrogens is 417 g/mol. The predicted molar refractivity (Wildman–Crippen MR) is 108 cm³/mol. The van der Waals surface area contributed by atoms with Crippen molar-refractivity contribution in [1.29, 1.82) is 0 Å². The molecule has 4 rings (SSSR count). The molecule has 0 fully saturated rings. The average Bonchev–Trinajstić information content (AvgIpc) is 3.07. The summed E-state index contributed by atoms with van der Waals surface area (Å²) in [6, 6.07) is 12.9.